The van der Waals surface area contributed by atoms with E-state index in [2.05, 4.69) is 4.98 Å². The van der Waals surface area contributed by atoms with Crippen LogP contribution in [0.25, 0.3) is 11.0 Å². The first-order valence-corrected chi connectivity index (χ1v) is 10.6. The highest BCUT2D eigenvalue weighted by Gasteiger charge is 2.26. The molecule has 3 aromatic rings. The average Bonchev–Trinajstić information content (AvgIpc) is 3.13. The van der Waals surface area contributed by atoms with Gasteiger partial charge in [-0.3, -0.25) is 0 Å². The van der Waals surface area contributed by atoms with Crippen molar-refractivity contribution in [1.29, 1.82) is 5.26 Å². The lowest BCUT2D eigenvalue weighted by Gasteiger charge is -2.09. The summed E-state index contributed by atoms with van der Waals surface area (Å²) in [6.07, 6.45) is 1.06. The summed E-state index contributed by atoms with van der Waals surface area (Å²) in [7, 11) is -3.65. The first kappa shape index (κ1) is 18.9. The number of nitrogens with two attached hydrogens (primary N) is 1. The molecule has 0 saturated carbocycles. The monoisotopic (exact) mass is 404 g/mol. The fourth-order valence-electron chi connectivity index (χ4n) is 2.77. The zero-order valence-corrected chi connectivity index (χ0v) is 16.2. The summed E-state index contributed by atoms with van der Waals surface area (Å²) in [5, 5.41) is 9.51. The van der Waals surface area contributed by atoms with Gasteiger partial charge in [-0.15, -0.1) is 11.3 Å². The van der Waals surface area contributed by atoms with Crippen LogP contribution in [0.4, 0.5) is 5.00 Å². The molecule has 0 bridgehead atoms. The number of benzene rings is 1. The summed E-state index contributed by atoms with van der Waals surface area (Å²) in [5.41, 5.74) is 7.43. The summed E-state index contributed by atoms with van der Waals surface area (Å²) in [4.78, 5) is 16.7. The van der Waals surface area contributed by atoms with E-state index in [0.29, 0.717) is 16.6 Å². The zero-order valence-electron chi connectivity index (χ0n) is 14.6. The third-order valence-corrected chi connectivity index (χ3v) is 5.89. The van der Waals surface area contributed by atoms with Gasteiger partial charge in [0.2, 0.25) is 15.0 Å². The second-order valence-corrected chi connectivity index (χ2v) is 8.68. The molecule has 2 heterocycles. The highest BCUT2D eigenvalue weighted by Crippen LogP contribution is 2.33. The summed E-state index contributed by atoms with van der Waals surface area (Å²) >= 11 is 0.952. The number of aromatic nitrogens is 2. The van der Waals surface area contributed by atoms with E-state index in [1.165, 1.54) is 4.57 Å². The minimum atomic E-state index is -3.65. The fourth-order valence-corrected chi connectivity index (χ4v) is 4.52. The van der Waals surface area contributed by atoms with Gasteiger partial charge >= 0.3 is 5.97 Å². The normalized spacial score (nSPS) is 11.4. The molecule has 8 nitrogen and oxygen atoms in total. The van der Waals surface area contributed by atoms with Crippen molar-refractivity contribution in [2.24, 2.45) is 0 Å². The average molecular weight is 404 g/mol. The Balaban J connectivity index is 2.25. The van der Waals surface area contributed by atoms with Crippen molar-refractivity contribution >= 4 is 43.2 Å². The number of anilines is 1. The molecule has 0 radical (unpaired) electrons. The number of imidazole rings is 1. The molecular formula is C17H16N4O4S2. The zero-order chi connectivity index (χ0) is 19.8. The number of nitriles is 1. The number of sulfone groups is 1. The molecular weight excluding hydrogens is 388 g/mol. The van der Waals surface area contributed by atoms with E-state index < -0.39 is 15.8 Å². The number of thiophene rings is 1. The van der Waals surface area contributed by atoms with Crippen LogP contribution in [0.5, 0.6) is 0 Å². The molecule has 3 rings (SSSR count). The first-order chi connectivity index (χ1) is 12.8. The number of carbonyl (C=O) groups is 1. The number of fused-ring (bicyclic) bond motifs is 1. The largest absolute Gasteiger partial charge is 0.462 e. The quantitative estimate of drug-likeness (QED) is 0.645. The first-order valence-electron chi connectivity index (χ1n) is 7.91. The van der Waals surface area contributed by atoms with Crippen molar-refractivity contribution in [3.63, 3.8) is 0 Å². The van der Waals surface area contributed by atoms with Gasteiger partial charge in [-0.25, -0.2) is 18.2 Å². The van der Waals surface area contributed by atoms with Crippen molar-refractivity contribution < 1.29 is 17.9 Å². The van der Waals surface area contributed by atoms with Crippen LogP contribution in [0.3, 0.4) is 0 Å². The minimum absolute atomic E-state index is 0.0480. The molecule has 0 aliphatic carbocycles. The number of nitrogen functional groups attached to an aromatic ring is 1. The van der Waals surface area contributed by atoms with Gasteiger partial charge < -0.3 is 15.0 Å². The number of para-hydroxylation sites is 2. The maximum Gasteiger partial charge on any atom is 0.348 e. The fraction of sp³-hybridized carbons (Fsp3) is 0.235. The van der Waals surface area contributed by atoms with Crippen LogP contribution in [-0.2, 0) is 21.1 Å². The molecule has 0 aliphatic heterocycles. The van der Waals surface area contributed by atoms with Crippen LogP contribution in [0.1, 0.15) is 27.7 Å². The minimum Gasteiger partial charge on any atom is -0.462 e. The number of hydrogen-bond acceptors (Lipinski definition) is 8. The van der Waals surface area contributed by atoms with Crippen LogP contribution in [0.2, 0.25) is 0 Å². The number of ether oxygens (including phenoxy) is 1. The van der Waals surface area contributed by atoms with Gasteiger partial charge in [0, 0.05) is 11.8 Å². The Labute approximate surface area is 159 Å². The van der Waals surface area contributed by atoms with E-state index in [1.807, 2.05) is 6.07 Å². The standard InChI is InChI=1S/C17H16N4O4S2/c1-3-25-16(22)14-11(10(8-18)15(19)26-14)9-21-13-7-5-4-6-12(13)20-17(21)27(2,23)24/h4-7H,3,9,19H2,1-2H3. The SMILES string of the molecule is CCOC(=O)c1sc(N)c(C#N)c1Cn1c(S(C)(=O)=O)nc2ccccc21. The number of nitrogens with zero attached hydrogens (tertiary/aromatic N) is 3. The van der Waals surface area contributed by atoms with Crippen molar-refractivity contribution in [3.05, 3.63) is 40.3 Å². The number of esters is 1. The second-order valence-electron chi connectivity index (χ2n) is 5.72. The maximum absolute atomic E-state index is 12.3. The molecule has 0 aliphatic rings. The van der Waals surface area contributed by atoms with Gasteiger partial charge in [0.1, 0.15) is 15.9 Å². The Kier molecular flexibility index (Phi) is 4.91. The molecule has 2 N–H and O–H groups in total. The number of hydrogen-bond donors (Lipinski definition) is 1. The molecule has 27 heavy (non-hydrogen) atoms. The van der Waals surface area contributed by atoms with Gasteiger partial charge in [0.05, 0.1) is 29.7 Å². The predicted molar refractivity (Wildman–Crippen MR) is 101 cm³/mol. The number of rotatable bonds is 5. The maximum atomic E-state index is 12.3. The summed E-state index contributed by atoms with van der Waals surface area (Å²) < 4.78 is 31.0. The van der Waals surface area contributed by atoms with Crippen molar-refractivity contribution in [3.8, 4) is 6.07 Å². The Morgan fingerprint density at radius 2 is 2.11 bits per heavy atom. The van der Waals surface area contributed by atoms with Gasteiger partial charge in [0.25, 0.3) is 0 Å². The Bertz CT molecular complexity index is 1190. The van der Waals surface area contributed by atoms with Crippen LogP contribution in [0, 0.1) is 11.3 Å². The van der Waals surface area contributed by atoms with Crippen LogP contribution >= 0.6 is 11.3 Å². The van der Waals surface area contributed by atoms with E-state index in [1.54, 1.807) is 31.2 Å². The predicted octanol–water partition coefficient (Wildman–Crippen LogP) is 2.18. The molecule has 10 heteroatoms. The lowest BCUT2D eigenvalue weighted by atomic mass is 10.1. The molecule has 0 saturated heterocycles. The second kappa shape index (κ2) is 7.02. The van der Waals surface area contributed by atoms with E-state index in [0.717, 1.165) is 17.6 Å². The van der Waals surface area contributed by atoms with Crippen LogP contribution in [-0.4, -0.2) is 36.8 Å². The molecule has 1 aromatic carbocycles. The Morgan fingerprint density at radius 1 is 1.41 bits per heavy atom. The van der Waals surface area contributed by atoms with Gasteiger partial charge in [-0.05, 0) is 19.1 Å². The van der Waals surface area contributed by atoms with E-state index >= 15 is 0 Å². The summed E-state index contributed by atoms with van der Waals surface area (Å²) in [5.74, 6) is -0.601. The van der Waals surface area contributed by atoms with E-state index in [9.17, 15) is 18.5 Å². The summed E-state index contributed by atoms with van der Waals surface area (Å²) in [6, 6.07) is 8.92. The molecule has 0 spiro atoms. The lowest BCUT2D eigenvalue weighted by molar-refractivity contribution is 0.0531. The molecule has 140 valence electrons. The Hall–Kier alpha value is -2.90. The third-order valence-electron chi connectivity index (χ3n) is 3.87. The van der Waals surface area contributed by atoms with Gasteiger partial charge in [0.15, 0.2) is 0 Å². The molecule has 0 unspecified atom stereocenters. The molecule has 0 atom stereocenters. The van der Waals surface area contributed by atoms with Crippen molar-refractivity contribution in [2.45, 2.75) is 18.6 Å². The van der Waals surface area contributed by atoms with Gasteiger partial charge in [-0.1, -0.05) is 12.1 Å². The highest BCUT2D eigenvalue weighted by atomic mass is 32.2. The molecule has 2 aromatic heterocycles. The lowest BCUT2D eigenvalue weighted by Crippen LogP contribution is -2.13. The van der Waals surface area contributed by atoms with Crippen LogP contribution < -0.4 is 5.73 Å². The van der Waals surface area contributed by atoms with Crippen LogP contribution in [0.15, 0.2) is 29.4 Å². The number of carbonyl (C=O) groups excluding carboxylic acids is 1. The molecule has 0 fully saturated rings. The highest BCUT2D eigenvalue weighted by molar-refractivity contribution is 7.90. The van der Waals surface area contributed by atoms with E-state index in [-0.39, 0.29) is 33.7 Å². The smallest absolute Gasteiger partial charge is 0.348 e. The van der Waals surface area contributed by atoms with Gasteiger partial charge in [-0.2, -0.15) is 5.26 Å². The Morgan fingerprint density at radius 3 is 2.74 bits per heavy atom. The van der Waals surface area contributed by atoms with Crippen molar-refractivity contribution in [2.75, 3.05) is 18.6 Å². The topological polar surface area (TPSA) is 128 Å². The van der Waals surface area contributed by atoms with Crippen molar-refractivity contribution in [1.82, 2.24) is 9.55 Å². The summed E-state index contributed by atoms with van der Waals surface area (Å²) in [6.45, 7) is 1.79. The van der Waals surface area contributed by atoms with E-state index in [4.69, 9.17) is 10.5 Å². The third kappa shape index (κ3) is 3.39. The molecule has 0 amide bonds.